The maximum absolute atomic E-state index is 12.6. The van der Waals surface area contributed by atoms with E-state index in [0.29, 0.717) is 32.1 Å². The fourth-order valence-corrected chi connectivity index (χ4v) is 2.31. The summed E-state index contributed by atoms with van der Waals surface area (Å²) >= 11 is 0. The van der Waals surface area contributed by atoms with Crippen molar-refractivity contribution in [3.8, 4) is 0 Å². The molecule has 8 heteroatoms. The lowest BCUT2D eigenvalue weighted by Gasteiger charge is -2.22. The standard InChI is InChI=1S/C17H22F3N5/c1-3-21-16(22-10-12-25-11-4-9-23-25)24(2)13-14-5-7-15(8-6-14)17(18,19)20/h4-9,11H,3,10,12-13H2,1-2H3,(H,21,22). The van der Waals surface area contributed by atoms with Crippen LogP contribution in [0, 0.1) is 0 Å². The molecule has 2 rings (SSSR count). The number of hydrogen-bond donors (Lipinski definition) is 1. The van der Waals surface area contributed by atoms with Gasteiger partial charge in [0.15, 0.2) is 5.96 Å². The molecule has 25 heavy (non-hydrogen) atoms. The van der Waals surface area contributed by atoms with Crippen LogP contribution in [-0.4, -0.2) is 40.8 Å². The number of hydrogen-bond acceptors (Lipinski definition) is 2. The second kappa shape index (κ2) is 8.55. The Morgan fingerprint density at radius 2 is 2.00 bits per heavy atom. The molecule has 0 saturated heterocycles. The quantitative estimate of drug-likeness (QED) is 0.641. The average Bonchev–Trinajstić information content (AvgIpc) is 3.07. The van der Waals surface area contributed by atoms with Gasteiger partial charge in [-0.3, -0.25) is 9.67 Å². The van der Waals surface area contributed by atoms with Crippen molar-refractivity contribution in [2.45, 2.75) is 26.2 Å². The van der Waals surface area contributed by atoms with Crippen molar-refractivity contribution in [1.82, 2.24) is 20.0 Å². The van der Waals surface area contributed by atoms with Gasteiger partial charge in [-0.1, -0.05) is 12.1 Å². The summed E-state index contributed by atoms with van der Waals surface area (Å²) in [7, 11) is 1.85. The van der Waals surface area contributed by atoms with Crippen molar-refractivity contribution in [2.24, 2.45) is 4.99 Å². The molecule has 0 aliphatic heterocycles. The molecule has 1 aromatic heterocycles. The largest absolute Gasteiger partial charge is 0.416 e. The van der Waals surface area contributed by atoms with Gasteiger partial charge in [-0.25, -0.2) is 0 Å². The first-order valence-electron chi connectivity index (χ1n) is 8.03. The molecule has 0 atom stereocenters. The predicted molar refractivity (Wildman–Crippen MR) is 91.1 cm³/mol. The fraction of sp³-hybridized carbons (Fsp3) is 0.412. The van der Waals surface area contributed by atoms with E-state index in [0.717, 1.165) is 17.7 Å². The number of rotatable bonds is 6. The molecule has 0 spiro atoms. The molecule has 1 heterocycles. The van der Waals surface area contributed by atoms with Crippen LogP contribution in [0.2, 0.25) is 0 Å². The first kappa shape index (κ1) is 18.8. The van der Waals surface area contributed by atoms with Crippen molar-refractivity contribution < 1.29 is 13.2 Å². The van der Waals surface area contributed by atoms with Crippen molar-refractivity contribution in [1.29, 1.82) is 0 Å². The summed E-state index contributed by atoms with van der Waals surface area (Å²) in [6, 6.07) is 7.04. The van der Waals surface area contributed by atoms with Crippen molar-refractivity contribution in [2.75, 3.05) is 20.1 Å². The van der Waals surface area contributed by atoms with Gasteiger partial charge < -0.3 is 10.2 Å². The minimum Gasteiger partial charge on any atom is -0.357 e. The van der Waals surface area contributed by atoms with Crippen LogP contribution < -0.4 is 5.32 Å². The third-order valence-electron chi connectivity index (χ3n) is 3.55. The molecule has 1 N–H and O–H groups in total. The van der Waals surface area contributed by atoms with Crippen molar-refractivity contribution >= 4 is 5.96 Å². The van der Waals surface area contributed by atoms with Crippen LogP contribution in [0.15, 0.2) is 47.7 Å². The SMILES string of the molecule is CCNC(=NCCn1cccn1)N(C)Cc1ccc(C(F)(F)F)cc1. The second-order valence-electron chi connectivity index (χ2n) is 5.56. The first-order valence-corrected chi connectivity index (χ1v) is 8.03. The Morgan fingerprint density at radius 3 is 2.56 bits per heavy atom. The molecular weight excluding hydrogens is 331 g/mol. The molecule has 0 bridgehead atoms. The number of guanidine groups is 1. The molecule has 0 amide bonds. The van der Waals surface area contributed by atoms with E-state index in [1.807, 2.05) is 31.1 Å². The van der Waals surface area contributed by atoms with E-state index in [4.69, 9.17) is 0 Å². The Labute approximate surface area is 145 Å². The normalized spacial score (nSPS) is 12.3. The van der Waals surface area contributed by atoms with Crippen molar-refractivity contribution in [3.05, 3.63) is 53.9 Å². The van der Waals surface area contributed by atoms with E-state index >= 15 is 0 Å². The molecule has 0 unspecified atom stereocenters. The summed E-state index contributed by atoms with van der Waals surface area (Å²) in [4.78, 5) is 6.42. The van der Waals surface area contributed by atoms with E-state index < -0.39 is 11.7 Å². The van der Waals surface area contributed by atoms with Gasteiger partial charge in [-0.2, -0.15) is 18.3 Å². The Balaban J connectivity index is 1.97. The zero-order valence-electron chi connectivity index (χ0n) is 14.3. The highest BCUT2D eigenvalue weighted by Gasteiger charge is 2.29. The third kappa shape index (κ3) is 5.81. The second-order valence-corrected chi connectivity index (χ2v) is 5.56. The summed E-state index contributed by atoms with van der Waals surface area (Å²) in [5.74, 6) is 0.703. The molecule has 0 aliphatic carbocycles. The lowest BCUT2D eigenvalue weighted by molar-refractivity contribution is -0.137. The summed E-state index contributed by atoms with van der Waals surface area (Å²) < 4.78 is 39.7. The van der Waals surface area contributed by atoms with Gasteiger partial charge in [0.1, 0.15) is 0 Å². The number of aliphatic imine (C=N–C) groups is 1. The van der Waals surface area contributed by atoms with Gasteiger partial charge >= 0.3 is 6.18 Å². The number of alkyl halides is 3. The lowest BCUT2D eigenvalue weighted by atomic mass is 10.1. The van der Waals surface area contributed by atoms with Gasteiger partial charge in [-0.05, 0) is 30.7 Å². The molecule has 0 aliphatic rings. The number of halogens is 3. The summed E-state index contributed by atoms with van der Waals surface area (Å²) in [5.41, 5.74) is 0.145. The average molecular weight is 353 g/mol. The topological polar surface area (TPSA) is 45.5 Å². The molecular formula is C17H22F3N5. The molecule has 136 valence electrons. The fourth-order valence-electron chi connectivity index (χ4n) is 2.31. The Morgan fingerprint density at radius 1 is 1.28 bits per heavy atom. The van der Waals surface area contributed by atoms with E-state index in [9.17, 15) is 13.2 Å². The van der Waals surface area contributed by atoms with Gasteiger partial charge in [0.2, 0.25) is 0 Å². The molecule has 1 aromatic carbocycles. The minimum absolute atomic E-state index is 0.464. The summed E-state index contributed by atoms with van der Waals surface area (Å²) in [6.45, 7) is 4.36. The maximum Gasteiger partial charge on any atom is 0.416 e. The van der Waals surface area contributed by atoms with E-state index in [1.54, 1.807) is 10.9 Å². The number of aromatic nitrogens is 2. The molecule has 5 nitrogen and oxygen atoms in total. The van der Waals surface area contributed by atoms with Crippen LogP contribution in [-0.2, 0) is 19.3 Å². The Kier molecular flexibility index (Phi) is 6.44. The number of nitrogens with zero attached hydrogens (tertiary/aromatic N) is 4. The minimum atomic E-state index is -4.31. The highest BCUT2D eigenvalue weighted by atomic mass is 19.4. The van der Waals surface area contributed by atoms with Crippen LogP contribution in [0.1, 0.15) is 18.1 Å². The number of nitrogens with one attached hydrogen (secondary N) is 1. The van der Waals surface area contributed by atoms with Crippen LogP contribution >= 0.6 is 0 Å². The first-order chi connectivity index (χ1) is 11.9. The lowest BCUT2D eigenvalue weighted by Crippen LogP contribution is -2.38. The van der Waals surface area contributed by atoms with Crippen molar-refractivity contribution in [3.63, 3.8) is 0 Å². The van der Waals surface area contributed by atoms with Gasteiger partial charge in [0.25, 0.3) is 0 Å². The smallest absolute Gasteiger partial charge is 0.357 e. The molecule has 0 saturated carbocycles. The third-order valence-corrected chi connectivity index (χ3v) is 3.55. The predicted octanol–water partition coefficient (Wildman–Crippen LogP) is 3.00. The van der Waals surface area contributed by atoms with Crippen LogP contribution in [0.25, 0.3) is 0 Å². The van der Waals surface area contributed by atoms with Crippen LogP contribution in [0.4, 0.5) is 13.2 Å². The Hall–Kier alpha value is -2.51. The molecule has 0 fully saturated rings. The van der Waals surface area contributed by atoms with Gasteiger partial charge in [0, 0.05) is 32.5 Å². The number of benzene rings is 1. The highest BCUT2D eigenvalue weighted by molar-refractivity contribution is 5.79. The van der Waals surface area contributed by atoms with Gasteiger partial charge in [-0.15, -0.1) is 0 Å². The van der Waals surface area contributed by atoms with Crippen LogP contribution in [0.5, 0.6) is 0 Å². The molecule has 0 radical (unpaired) electrons. The summed E-state index contributed by atoms with van der Waals surface area (Å²) in [5, 5.41) is 7.31. The molecule has 2 aromatic rings. The zero-order chi connectivity index (χ0) is 18.3. The van der Waals surface area contributed by atoms with Crippen LogP contribution in [0.3, 0.4) is 0 Å². The van der Waals surface area contributed by atoms with E-state index in [1.165, 1.54) is 12.1 Å². The summed E-state index contributed by atoms with van der Waals surface area (Å²) in [6.07, 6.45) is -0.729. The monoisotopic (exact) mass is 353 g/mol. The highest BCUT2D eigenvalue weighted by Crippen LogP contribution is 2.29. The maximum atomic E-state index is 12.6. The zero-order valence-corrected chi connectivity index (χ0v) is 14.3. The Bertz CT molecular complexity index is 663. The van der Waals surface area contributed by atoms with Gasteiger partial charge in [0.05, 0.1) is 18.7 Å². The van der Waals surface area contributed by atoms with E-state index in [-0.39, 0.29) is 0 Å². The van der Waals surface area contributed by atoms with E-state index in [2.05, 4.69) is 15.4 Å².